The molecule has 31 heavy (non-hydrogen) atoms. The molecule has 168 valence electrons. The molecule has 1 saturated heterocycles. The highest BCUT2D eigenvalue weighted by molar-refractivity contribution is 9.10. The number of carbonyl (C=O) groups is 1. The summed E-state index contributed by atoms with van der Waals surface area (Å²) in [5.41, 5.74) is 8.61. The molecule has 0 spiro atoms. The van der Waals surface area contributed by atoms with E-state index in [0.29, 0.717) is 18.1 Å². The number of likely N-dealkylation sites (N-methyl/N-ethyl adjacent to an activating group) is 1. The minimum Gasteiger partial charge on any atom is -0.368 e. The second-order valence-electron chi connectivity index (χ2n) is 8.41. The number of halogens is 1. The van der Waals surface area contributed by atoms with Crippen molar-refractivity contribution in [1.82, 2.24) is 25.5 Å². The largest absolute Gasteiger partial charge is 0.368 e. The molecule has 1 fully saturated rings. The first-order valence-electron chi connectivity index (χ1n) is 10.6. The second-order valence-corrected chi connectivity index (χ2v) is 9.27. The van der Waals surface area contributed by atoms with E-state index < -0.39 is 0 Å². The molecule has 2 aromatic rings. The predicted octanol–water partition coefficient (Wildman–Crippen LogP) is 2.39. The van der Waals surface area contributed by atoms with Crippen molar-refractivity contribution in [3.8, 4) is 0 Å². The summed E-state index contributed by atoms with van der Waals surface area (Å²) in [6.45, 7) is 7.95. The van der Waals surface area contributed by atoms with Crippen molar-refractivity contribution in [3.63, 3.8) is 0 Å². The Bertz CT molecular complexity index is 919. The highest BCUT2D eigenvalue weighted by Crippen LogP contribution is 2.29. The molecular formula is C22H32BrN7O. The normalized spacial score (nSPS) is 16.7. The van der Waals surface area contributed by atoms with Crippen LogP contribution in [0, 0.1) is 0 Å². The molecule has 8 nitrogen and oxygen atoms in total. The van der Waals surface area contributed by atoms with E-state index in [1.54, 1.807) is 0 Å². The second kappa shape index (κ2) is 10.4. The minimum absolute atomic E-state index is 0.0522. The van der Waals surface area contributed by atoms with Crippen molar-refractivity contribution < 1.29 is 4.79 Å². The lowest BCUT2D eigenvalue weighted by molar-refractivity contribution is 0.0951. The summed E-state index contributed by atoms with van der Waals surface area (Å²) in [5, 5.41) is 6.55. The van der Waals surface area contributed by atoms with Gasteiger partial charge in [-0.05, 0) is 43.8 Å². The summed E-state index contributed by atoms with van der Waals surface area (Å²) in [7, 11) is 3.97. The first-order valence-corrected chi connectivity index (χ1v) is 11.4. The lowest BCUT2D eigenvalue weighted by atomic mass is 10.0. The number of nitrogens with one attached hydrogen (secondary N) is 2. The van der Waals surface area contributed by atoms with E-state index in [1.807, 2.05) is 43.3 Å². The summed E-state index contributed by atoms with van der Waals surface area (Å²) in [6, 6.07) is 7.82. The third-order valence-corrected chi connectivity index (χ3v) is 6.04. The number of aromatic nitrogens is 2. The fraction of sp³-hybridized carbons (Fsp3) is 0.500. The third kappa shape index (κ3) is 6.15. The van der Waals surface area contributed by atoms with Gasteiger partial charge in [-0.25, -0.2) is 4.98 Å². The van der Waals surface area contributed by atoms with Gasteiger partial charge in [0.2, 0.25) is 5.95 Å². The van der Waals surface area contributed by atoms with E-state index in [4.69, 9.17) is 5.73 Å². The average Bonchev–Trinajstić information content (AvgIpc) is 2.73. The average molecular weight is 490 g/mol. The van der Waals surface area contributed by atoms with E-state index in [0.717, 1.165) is 47.7 Å². The van der Waals surface area contributed by atoms with Crippen LogP contribution in [0.2, 0.25) is 0 Å². The maximum absolute atomic E-state index is 12.6. The zero-order chi connectivity index (χ0) is 22.5. The Balaban J connectivity index is 1.78. The van der Waals surface area contributed by atoms with Crippen LogP contribution < -0.4 is 21.3 Å². The number of anilines is 2. The quantitative estimate of drug-likeness (QED) is 0.548. The van der Waals surface area contributed by atoms with Crippen LogP contribution in [0.25, 0.3) is 0 Å². The number of rotatable bonds is 7. The van der Waals surface area contributed by atoms with E-state index in [9.17, 15) is 4.79 Å². The number of carbonyl (C=O) groups excluding carboxylic acids is 1. The van der Waals surface area contributed by atoms with Gasteiger partial charge in [-0.15, -0.1) is 0 Å². The number of nitrogens with zero attached hydrogens (tertiary/aromatic N) is 4. The van der Waals surface area contributed by atoms with Gasteiger partial charge in [0.15, 0.2) is 0 Å². The maximum Gasteiger partial charge on any atom is 0.251 e. The van der Waals surface area contributed by atoms with Crippen LogP contribution >= 0.6 is 15.9 Å². The number of amides is 1. The monoisotopic (exact) mass is 489 g/mol. The molecule has 0 bridgehead atoms. The van der Waals surface area contributed by atoms with E-state index >= 15 is 0 Å². The van der Waals surface area contributed by atoms with Crippen molar-refractivity contribution >= 4 is 33.6 Å². The molecule has 0 unspecified atom stereocenters. The van der Waals surface area contributed by atoms with Gasteiger partial charge < -0.3 is 26.2 Å². The third-order valence-electron chi connectivity index (χ3n) is 5.32. The van der Waals surface area contributed by atoms with Crippen molar-refractivity contribution in [3.05, 3.63) is 45.6 Å². The van der Waals surface area contributed by atoms with Crippen molar-refractivity contribution in [2.45, 2.75) is 25.8 Å². The molecule has 1 aliphatic rings. The number of hydrogen-bond donors (Lipinski definition) is 3. The lowest BCUT2D eigenvalue weighted by Crippen LogP contribution is -2.46. The Labute approximate surface area is 192 Å². The summed E-state index contributed by atoms with van der Waals surface area (Å²) in [4.78, 5) is 25.7. The van der Waals surface area contributed by atoms with Crippen LogP contribution in [-0.2, 0) is 0 Å². The van der Waals surface area contributed by atoms with Crippen LogP contribution in [0.3, 0.4) is 0 Å². The Morgan fingerprint density at radius 2 is 2.13 bits per heavy atom. The lowest BCUT2D eigenvalue weighted by Gasteiger charge is -2.35. The summed E-state index contributed by atoms with van der Waals surface area (Å²) < 4.78 is 0.974. The van der Waals surface area contributed by atoms with Crippen LogP contribution in [-0.4, -0.2) is 67.6 Å². The van der Waals surface area contributed by atoms with Crippen LogP contribution in [0.15, 0.2) is 28.7 Å². The first kappa shape index (κ1) is 23.4. The zero-order valence-electron chi connectivity index (χ0n) is 18.7. The Morgan fingerprint density at radius 1 is 1.35 bits per heavy atom. The Hall–Kier alpha value is -2.23. The number of piperazine rings is 1. The maximum atomic E-state index is 12.6. The highest BCUT2D eigenvalue weighted by atomic mass is 79.9. The molecule has 1 amide bonds. The van der Waals surface area contributed by atoms with Gasteiger partial charge in [0, 0.05) is 48.8 Å². The smallest absolute Gasteiger partial charge is 0.251 e. The zero-order valence-corrected chi connectivity index (χ0v) is 20.2. The number of hydrogen-bond acceptors (Lipinski definition) is 7. The molecule has 3 rings (SSSR count). The fourth-order valence-electron chi connectivity index (χ4n) is 3.54. The van der Waals surface area contributed by atoms with E-state index in [-0.39, 0.29) is 17.9 Å². The summed E-state index contributed by atoms with van der Waals surface area (Å²) in [5.74, 6) is 1.36. The molecule has 9 heteroatoms. The number of nitrogen functional groups attached to an aromatic ring is 1. The molecule has 1 aromatic heterocycles. The SMILES string of the molecule is CC(C)c1cc(N2CCN[C@H](c3cc(C(=O)NCCN(C)C)ccc3Br)C2)nc(N)n1. The predicted molar refractivity (Wildman–Crippen MR) is 129 cm³/mol. The van der Waals surface area contributed by atoms with Gasteiger partial charge >= 0.3 is 0 Å². The Morgan fingerprint density at radius 3 is 2.84 bits per heavy atom. The van der Waals surface area contributed by atoms with Crippen molar-refractivity contribution in [2.75, 3.05) is 57.5 Å². The fourth-order valence-corrected chi connectivity index (χ4v) is 4.07. The Kier molecular flexibility index (Phi) is 7.85. The molecule has 2 heterocycles. The van der Waals surface area contributed by atoms with Crippen LogP contribution in [0.4, 0.5) is 11.8 Å². The van der Waals surface area contributed by atoms with Gasteiger partial charge in [0.1, 0.15) is 5.82 Å². The van der Waals surface area contributed by atoms with Gasteiger partial charge in [0.05, 0.1) is 11.7 Å². The van der Waals surface area contributed by atoms with Crippen molar-refractivity contribution in [2.24, 2.45) is 0 Å². The van der Waals surface area contributed by atoms with Gasteiger partial charge in [-0.1, -0.05) is 29.8 Å². The molecule has 1 atom stereocenters. The molecule has 1 aromatic carbocycles. The highest BCUT2D eigenvalue weighted by Gasteiger charge is 2.25. The van der Waals surface area contributed by atoms with Gasteiger partial charge in [-0.3, -0.25) is 4.79 Å². The van der Waals surface area contributed by atoms with Crippen LogP contribution in [0.5, 0.6) is 0 Å². The molecule has 1 aliphatic heterocycles. The van der Waals surface area contributed by atoms with Crippen LogP contribution in [0.1, 0.15) is 47.4 Å². The van der Waals surface area contributed by atoms with Gasteiger partial charge in [0.25, 0.3) is 5.91 Å². The van der Waals surface area contributed by atoms with Gasteiger partial charge in [-0.2, -0.15) is 4.98 Å². The molecular weight excluding hydrogens is 458 g/mol. The molecule has 0 saturated carbocycles. The standard InChI is InChI=1S/C22H32BrN7O/c1-14(2)18-12-20(28-22(24)27-18)30-10-8-25-19(13-30)16-11-15(5-6-17(16)23)21(31)26-7-9-29(3)4/h5-6,11-12,14,19,25H,7-10,13H2,1-4H3,(H,26,31)(H2,24,27,28)/t19-/m0/s1. The molecule has 0 radical (unpaired) electrons. The number of nitrogens with two attached hydrogens (primary N) is 1. The first-order chi connectivity index (χ1) is 14.7. The topological polar surface area (TPSA) is 99.4 Å². The molecule has 0 aliphatic carbocycles. The van der Waals surface area contributed by atoms with Crippen molar-refractivity contribution in [1.29, 1.82) is 0 Å². The van der Waals surface area contributed by atoms with E-state index in [2.05, 4.69) is 55.3 Å². The minimum atomic E-state index is -0.0617. The molecule has 4 N–H and O–H groups in total. The number of benzene rings is 1. The van der Waals surface area contributed by atoms with E-state index in [1.165, 1.54) is 0 Å². The summed E-state index contributed by atoms with van der Waals surface area (Å²) in [6.07, 6.45) is 0. The summed E-state index contributed by atoms with van der Waals surface area (Å²) >= 11 is 3.66.